The number of anilines is 1. The summed E-state index contributed by atoms with van der Waals surface area (Å²) in [5, 5.41) is 11.6. The van der Waals surface area contributed by atoms with Crippen molar-refractivity contribution < 1.29 is 13.9 Å². The molecule has 2 rings (SSSR count). The molecule has 0 saturated heterocycles. The van der Waals surface area contributed by atoms with E-state index in [-0.39, 0.29) is 11.3 Å². The average Bonchev–Trinajstić information content (AvgIpc) is 2.49. The number of nitriles is 1. The van der Waals surface area contributed by atoms with Crippen molar-refractivity contribution >= 4 is 11.6 Å². The number of nitrogens with one attached hydrogen (secondary N) is 1. The first-order valence-electron chi connectivity index (χ1n) is 6.38. The van der Waals surface area contributed by atoms with Crippen LogP contribution < -0.4 is 10.1 Å². The van der Waals surface area contributed by atoms with Gasteiger partial charge in [-0.1, -0.05) is 12.1 Å². The van der Waals surface area contributed by atoms with Crippen LogP contribution in [0.5, 0.6) is 5.75 Å². The fraction of sp³-hybridized carbons (Fsp3) is 0.125. The van der Waals surface area contributed by atoms with Gasteiger partial charge >= 0.3 is 0 Å². The molecule has 0 atom stereocenters. The van der Waals surface area contributed by atoms with Crippen molar-refractivity contribution in [2.75, 3.05) is 11.9 Å². The van der Waals surface area contributed by atoms with Crippen LogP contribution >= 0.6 is 0 Å². The Morgan fingerprint density at radius 2 is 2.10 bits per heavy atom. The summed E-state index contributed by atoms with van der Waals surface area (Å²) in [6.07, 6.45) is 0. The molecule has 0 saturated carbocycles. The van der Waals surface area contributed by atoms with Crippen LogP contribution in [0.2, 0.25) is 0 Å². The maximum Gasteiger partial charge on any atom is 0.259 e. The maximum atomic E-state index is 13.1. The molecule has 1 amide bonds. The van der Waals surface area contributed by atoms with Crippen LogP contribution in [0, 0.1) is 17.1 Å². The zero-order valence-corrected chi connectivity index (χ0v) is 11.4. The lowest BCUT2D eigenvalue weighted by molar-refractivity contribution is 0.102. The van der Waals surface area contributed by atoms with Gasteiger partial charge in [-0.05, 0) is 37.3 Å². The van der Waals surface area contributed by atoms with Gasteiger partial charge in [0.1, 0.15) is 17.6 Å². The third-order valence-corrected chi connectivity index (χ3v) is 2.78. The molecule has 5 heteroatoms. The van der Waals surface area contributed by atoms with Gasteiger partial charge in [-0.15, -0.1) is 0 Å². The summed E-state index contributed by atoms with van der Waals surface area (Å²) in [6, 6.07) is 12.3. The van der Waals surface area contributed by atoms with E-state index < -0.39 is 11.7 Å². The number of carbonyl (C=O) groups excluding carboxylic acids is 1. The van der Waals surface area contributed by atoms with Gasteiger partial charge in [0.25, 0.3) is 5.91 Å². The van der Waals surface area contributed by atoms with E-state index in [2.05, 4.69) is 5.32 Å². The summed E-state index contributed by atoms with van der Waals surface area (Å²) < 4.78 is 18.5. The Labute approximate surface area is 121 Å². The Bertz CT molecular complexity index is 708. The lowest BCUT2D eigenvalue weighted by Crippen LogP contribution is -2.14. The van der Waals surface area contributed by atoms with E-state index in [1.165, 1.54) is 12.1 Å². The smallest absolute Gasteiger partial charge is 0.259 e. The highest BCUT2D eigenvalue weighted by molar-refractivity contribution is 6.06. The minimum atomic E-state index is -0.528. The van der Waals surface area contributed by atoms with Crippen LogP contribution in [0.25, 0.3) is 0 Å². The Morgan fingerprint density at radius 3 is 2.81 bits per heavy atom. The van der Waals surface area contributed by atoms with Crippen molar-refractivity contribution in [1.29, 1.82) is 5.26 Å². The number of amides is 1. The fourth-order valence-electron chi connectivity index (χ4n) is 1.84. The van der Waals surface area contributed by atoms with E-state index in [0.29, 0.717) is 17.9 Å². The number of halogens is 1. The Balaban J connectivity index is 2.29. The number of nitrogens with zero attached hydrogens (tertiary/aromatic N) is 1. The number of rotatable bonds is 4. The molecule has 0 spiro atoms. The Hall–Kier alpha value is -2.87. The normalized spacial score (nSPS) is 9.76. The summed E-state index contributed by atoms with van der Waals surface area (Å²) in [5.74, 6) is -0.487. The monoisotopic (exact) mass is 284 g/mol. The summed E-state index contributed by atoms with van der Waals surface area (Å²) >= 11 is 0. The first-order valence-corrected chi connectivity index (χ1v) is 6.38. The molecule has 2 aromatic carbocycles. The molecule has 1 N–H and O–H groups in total. The van der Waals surface area contributed by atoms with Gasteiger partial charge in [0, 0.05) is 0 Å². The van der Waals surface area contributed by atoms with E-state index >= 15 is 0 Å². The van der Waals surface area contributed by atoms with Crippen molar-refractivity contribution in [3.8, 4) is 11.8 Å². The fourth-order valence-corrected chi connectivity index (χ4v) is 1.84. The van der Waals surface area contributed by atoms with Crippen LogP contribution in [0.4, 0.5) is 10.1 Å². The average molecular weight is 284 g/mol. The molecule has 0 bridgehead atoms. The van der Waals surface area contributed by atoms with Crippen LogP contribution in [0.15, 0.2) is 42.5 Å². The van der Waals surface area contributed by atoms with Gasteiger partial charge in [-0.3, -0.25) is 4.79 Å². The van der Waals surface area contributed by atoms with Crippen molar-refractivity contribution in [2.24, 2.45) is 0 Å². The lowest BCUT2D eigenvalue weighted by Gasteiger charge is -2.11. The van der Waals surface area contributed by atoms with Crippen LogP contribution in [-0.2, 0) is 0 Å². The molecule has 2 aromatic rings. The van der Waals surface area contributed by atoms with Crippen molar-refractivity contribution in [2.45, 2.75) is 6.92 Å². The molecule has 0 radical (unpaired) electrons. The van der Waals surface area contributed by atoms with Gasteiger partial charge in [0.2, 0.25) is 0 Å². The van der Waals surface area contributed by atoms with Gasteiger partial charge in [0.15, 0.2) is 0 Å². The quantitative estimate of drug-likeness (QED) is 0.936. The molecule has 0 unspecified atom stereocenters. The number of hydrogen-bond donors (Lipinski definition) is 1. The zero-order chi connectivity index (χ0) is 15.2. The van der Waals surface area contributed by atoms with Gasteiger partial charge in [0.05, 0.1) is 23.4 Å². The topological polar surface area (TPSA) is 62.1 Å². The van der Waals surface area contributed by atoms with E-state index in [4.69, 9.17) is 10.00 Å². The molecule has 0 fully saturated rings. The molecule has 0 aliphatic heterocycles. The molecule has 4 nitrogen and oxygen atoms in total. The maximum absolute atomic E-state index is 13.1. The summed E-state index contributed by atoms with van der Waals surface area (Å²) in [6.45, 7) is 2.26. The molecular weight excluding hydrogens is 271 g/mol. The van der Waals surface area contributed by atoms with Crippen molar-refractivity contribution in [1.82, 2.24) is 0 Å². The minimum Gasteiger partial charge on any atom is -0.493 e. The lowest BCUT2D eigenvalue weighted by atomic mass is 10.1. The van der Waals surface area contributed by atoms with Gasteiger partial charge < -0.3 is 10.1 Å². The highest BCUT2D eigenvalue weighted by Gasteiger charge is 2.14. The second-order valence-corrected chi connectivity index (χ2v) is 4.19. The molecule has 0 aliphatic rings. The van der Waals surface area contributed by atoms with E-state index in [1.54, 1.807) is 24.3 Å². The predicted molar refractivity (Wildman–Crippen MR) is 76.7 cm³/mol. The third kappa shape index (κ3) is 3.37. The second-order valence-electron chi connectivity index (χ2n) is 4.19. The van der Waals surface area contributed by atoms with Crippen LogP contribution in [0.1, 0.15) is 22.8 Å². The Kier molecular flexibility index (Phi) is 4.52. The largest absolute Gasteiger partial charge is 0.493 e. The van der Waals surface area contributed by atoms with Crippen LogP contribution in [-0.4, -0.2) is 12.5 Å². The minimum absolute atomic E-state index is 0.0669. The number of ether oxygens (including phenoxy) is 1. The first-order chi connectivity index (χ1) is 10.2. The number of hydrogen-bond acceptors (Lipinski definition) is 3. The third-order valence-electron chi connectivity index (χ3n) is 2.78. The van der Waals surface area contributed by atoms with Gasteiger partial charge in [-0.2, -0.15) is 5.26 Å². The molecule has 0 aromatic heterocycles. The molecular formula is C16H13FN2O2. The summed E-state index contributed by atoms with van der Waals surface area (Å²) in [5.41, 5.74) is 0.681. The summed E-state index contributed by atoms with van der Waals surface area (Å²) in [4.78, 5) is 12.3. The second kappa shape index (κ2) is 6.53. The predicted octanol–water partition coefficient (Wildman–Crippen LogP) is 3.35. The van der Waals surface area contributed by atoms with Crippen molar-refractivity contribution in [3.63, 3.8) is 0 Å². The van der Waals surface area contributed by atoms with Crippen LogP contribution in [0.3, 0.4) is 0 Å². The molecule has 0 aliphatic carbocycles. The number of benzene rings is 2. The molecule has 21 heavy (non-hydrogen) atoms. The highest BCUT2D eigenvalue weighted by atomic mass is 19.1. The van der Waals surface area contributed by atoms with E-state index in [1.807, 2.05) is 13.0 Å². The first kappa shape index (κ1) is 14.5. The number of carbonyl (C=O) groups is 1. The van der Waals surface area contributed by atoms with Gasteiger partial charge in [-0.25, -0.2) is 4.39 Å². The zero-order valence-electron chi connectivity index (χ0n) is 11.4. The van der Waals surface area contributed by atoms with Crippen molar-refractivity contribution in [3.05, 3.63) is 59.4 Å². The SMILES string of the molecule is CCOc1ccccc1C(=O)Nc1ccc(F)cc1C#N. The molecule has 0 heterocycles. The Morgan fingerprint density at radius 1 is 1.33 bits per heavy atom. The number of para-hydroxylation sites is 1. The summed E-state index contributed by atoms with van der Waals surface area (Å²) in [7, 11) is 0. The standard InChI is InChI=1S/C16H13FN2O2/c1-2-21-15-6-4-3-5-13(15)16(20)19-14-8-7-12(17)9-11(14)10-18/h3-9H,2H2,1H3,(H,19,20). The highest BCUT2D eigenvalue weighted by Crippen LogP contribution is 2.21. The van der Waals surface area contributed by atoms with E-state index in [0.717, 1.165) is 6.07 Å². The van der Waals surface area contributed by atoms with E-state index in [9.17, 15) is 9.18 Å². The molecule has 106 valence electrons.